The maximum absolute atomic E-state index is 13.5. The predicted octanol–water partition coefficient (Wildman–Crippen LogP) is 6.25. The Balaban J connectivity index is 1.25. The van der Waals surface area contributed by atoms with Crippen molar-refractivity contribution in [2.24, 2.45) is 5.92 Å². The van der Waals surface area contributed by atoms with Gasteiger partial charge in [-0.1, -0.05) is 50.1 Å². The zero-order valence-corrected chi connectivity index (χ0v) is 22.3. The van der Waals surface area contributed by atoms with Crippen LogP contribution in [-0.2, 0) is 5.54 Å². The summed E-state index contributed by atoms with van der Waals surface area (Å²) in [5.41, 5.74) is 4.28. The monoisotopic (exact) mass is 523 g/mol. The molecule has 2 fully saturated rings. The summed E-state index contributed by atoms with van der Waals surface area (Å²) in [5.74, 6) is 0.242. The number of nitrogens with one attached hydrogen (secondary N) is 1. The summed E-state index contributed by atoms with van der Waals surface area (Å²) in [6.45, 7) is 6.04. The zero-order chi connectivity index (χ0) is 26.8. The van der Waals surface area contributed by atoms with Gasteiger partial charge in [0.25, 0.3) is 5.91 Å². The third-order valence-electron chi connectivity index (χ3n) is 8.50. The summed E-state index contributed by atoms with van der Waals surface area (Å²) in [5, 5.41) is 12.1. The molecule has 200 valence electrons. The van der Waals surface area contributed by atoms with Gasteiger partial charge in [-0.15, -0.1) is 0 Å². The van der Waals surface area contributed by atoms with Crippen LogP contribution in [0.1, 0.15) is 48.5 Å². The van der Waals surface area contributed by atoms with Gasteiger partial charge >= 0.3 is 0 Å². The van der Waals surface area contributed by atoms with E-state index in [1.165, 1.54) is 36.7 Å². The first kappa shape index (κ1) is 25.4. The Kier molecular flexibility index (Phi) is 7.00. The minimum atomic E-state index is -0.201. The topological polar surface area (TPSA) is 61.4 Å². The molecule has 1 aromatic heterocycles. The molecule has 1 saturated carbocycles. The largest absolute Gasteiger partial charge is 0.369 e. The van der Waals surface area contributed by atoms with E-state index < -0.39 is 0 Å². The van der Waals surface area contributed by atoms with Crippen molar-refractivity contribution in [2.75, 3.05) is 36.4 Å². The van der Waals surface area contributed by atoms with Crippen LogP contribution in [0.3, 0.4) is 0 Å². The van der Waals surface area contributed by atoms with Gasteiger partial charge in [-0.25, -0.2) is 4.39 Å². The second-order valence-corrected chi connectivity index (χ2v) is 11.0. The number of fused-ring (bicyclic) bond motifs is 1. The molecule has 1 aliphatic carbocycles. The van der Waals surface area contributed by atoms with Crippen LogP contribution >= 0.6 is 0 Å². The highest BCUT2D eigenvalue weighted by atomic mass is 19.1. The molecule has 39 heavy (non-hydrogen) atoms. The SMILES string of the molecule is CC1CCCC(c2cccc(NC(=O)c3cnnc4ccccc34)c2)(N2CCN(c3ccc(F)cc3)CC2)C1. The Morgan fingerprint density at radius 1 is 1.00 bits per heavy atom. The van der Waals surface area contributed by atoms with Crippen LogP contribution in [-0.4, -0.2) is 47.2 Å². The van der Waals surface area contributed by atoms with Crippen molar-refractivity contribution in [3.63, 3.8) is 0 Å². The fraction of sp³-hybridized carbons (Fsp3) is 0.344. The molecule has 1 aliphatic heterocycles. The molecule has 2 heterocycles. The number of carbonyl (C=O) groups excluding carboxylic acids is 1. The van der Waals surface area contributed by atoms with E-state index in [2.05, 4.69) is 50.4 Å². The Hall–Kier alpha value is -3.84. The van der Waals surface area contributed by atoms with Crippen molar-refractivity contribution in [3.8, 4) is 0 Å². The first-order valence-electron chi connectivity index (χ1n) is 13.9. The minimum absolute atomic E-state index is 0.0712. The van der Waals surface area contributed by atoms with Gasteiger partial charge in [-0.05, 0) is 66.8 Å². The molecule has 7 heteroatoms. The van der Waals surface area contributed by atoms with E-state index in [0.717, 1.165) is 55.8 Å². The van der Waals surface area contributed by atoms with E-state index in [9.17, 15) is 9.18 Å². The lowest BCUT2D eigenvalue weighted by molar-refractivity contribution is 0.0243. The number of rotatable bonds is 5. The Morgan fingerprint density at radius 2 is 1.79 bits per heavy atom. The average Bonchev–Trinajstić information content (AvgIpc) is 2.97. The highest BCUT2D eigenvalue weighted by Gasteiger charge is 2.42. The molecule has 4 aromatic rings. The van der Waals surface area contributed by atoms with Crippen LogP contribution in [0, 0.1) is 11.7 Å². The second-order valence-electron chi connectivity index (χ2n) is 11.0. The highest BCUT2D eigenvalue weighted by molar-refractivity contribution is 6.12. The molecule has 3 aromatic carbocycles. The van der Waals surface area contributed by atoms with Crippen molar-refractivity contribution in [1.82, 2.24) is 15.1 Å². The summed E-state index contributed by atoms with van der Waals surface area (Å²) >= 11 is 0. The third-order valence-corrected chi connectivity index (χ3v) is 8.50. The fourth-order valence-corrected chi connectivity index (χ4v) is 6.57. The smallest absolute Gasteiger partial charge is 0.257 e. The number of anilines is 2. The van der Waals surface area contributed by atoms with Gasteiger partial charge in [0.15, 0.2) is 0 Å². The number of amides is 1. The van der Waals surface area contributed by atoms with Crippen molar-refractivity contribution in [2.45, 2.75) is 38.1 Å². The first-order chi connectivity index (χ1) is 19.0. The summed E-state index contributed by atoms with van der Waals surface area (Å²) in [6.07, 6.45) is 6.16. The number of piperazine rings is 1. The average molecular weight is 524 g/mol. The third kappa shape index (κ3) is 5.11. The first-order valence-corrected chi connectivity index (χ1v) is 13.9. The maximum atomic E-state index is 13.5. The summed E-state index contributed by atoms with van der Waals surface area (Å²) in [4.78, 5) is 18.3. The van der Waals surface area contributed by atoms with E-state index >= 15 is 0 Å². The molecule has 1 amide bonds. The second kappa shape index (κ2) is 10.7. The van der Waals surface area contributed by atoms with Crippen LogP contribution < -0.4 is 10.2 Å². The van der Waals surface area contributed by atoms with E-state index in [1.807, 2.05) is 42.5 Å². The molecule has 2 atom stereocenters. The van der Waals surface area contributed by atoms with Crippen LogP contribution in [0.2, 0.25) is 0 Å². The minimum Gasteiger partial charge on any atom is -0.369 e. The molecule has 0 bridgehead atoms. The number of halogens is 1. The summed E-state index contributed by atoms with van der Waals surface area (Å²) in [6, 6.07) is 22.8. The van der Waals surface area contributed by atoms with Crippen LogP contribution in [0.25, 0.3) is 10.9 Å². The van der Waals surface area contributed by atoms with Crippen molar-refractivity contribution >= 4 is 28.2 Å². The number of benzene rings is 3. The van der Waals surface area contributed by atoms with E-state index in [0.29, 0.717) is 17.0 Å². The van der Waals surface area contributed by atoms with E-state index in [-0.39, 0.29) is 17.3 Å². The highest BCUT2D eigenvalue weighted by Crippen LogP contribution is 2.45. The van der Waals surface area contributed by atoms with Crippen molar-refractivity contribution in [3.05, 3.63) is 95.9 Å². The Morgan fingerprint density at radius 3 is 2.59 bits per heavy atom. The molecular formula is C32H34FN5O. The number of hydrogen-bond donors (Lipinski definition) is 1. The summed E-state index contributed by atoms with van der Waals surface area (Å²) in [7, 11) is 0. The molecule has 6 rings (SSSR count). The van der Waals surface area contributed by atoms with Crippen LogP contribution in [0.4, 0.5) is 15.8 Å². The van der Waals surface area contributed by atoms with E-state index in [4.69, 9.17) is 0 Å². The molecule has 2 aliphatic rings. The lowest BCUT2D eigenvalue weighted by atomic mass is 9.71. The molecule has 2 unspecified atom stereocenters. The maximum Gasteiger partial charge on any atom is 0.257 e. The molecule has 0 spiro atoms. The molecule has 0 radical (unpaired) electrons. The number of carbonyl (C=O) groups is 1. The van der Waals surface area contributed by atoms with E-state index in [1.54, 1.807) is 0 Å². The molecule has 1 N–H and O–H groups in total. The van der Waals surface area contributed by atoms with Crippen molar-refractivity contribution < 1.29 is 9.18 Å². The fourth-order valence-electron chi connectivity index (χ4n) is 6.57. The molecule has 6 nitrogen and oxygen atoms in total. The van der Waals surface area contributed by atoms with Gasteiger partial charge in [0.1, 0.15) is 5.82 Å². The Bertz CT molecular complexity index is 1460. The zero-order valence-electron chi connectivity index (χ0n) is 22.3. The van der Waals surface area contributed by atoms with Crippen molar-refractivity contribution in [1.29, 1.82) is 0 Å². The van der Waals surface area contributed by atoms with Gasteiger partial charge in [-0.3, -0.25) is 9.69 Å². The van der Waals surface area contributed by atoms with Crippen LogP contribution in [0.5, 0.6) is 0 Å². The molecular weight excluding hydrogens is 489 g/mol. The van der Waals surface area contributed by atoms with Gasteiger partial charge in [-0.2, -0.15) is 10.2 Å². The lowest BCUT2D eigenvalue weighted by Crippen LogP contribution is -2.57. The van der Waals surface area contributed by atoms with Gasteiger partial charge in [0.2, 0.25) is 0 Å². The normalized spacial score (nSPS) is 22.1. The van der Waals surface area contributed by atoms with Gasteiger partial charge in [0.05, 0.1) is 17.3 Å². The standard InChI is InChI=1S/C32H34FN5O/c1-23-6-5-15-32(21-23,38-18-16-37(17-19-38)27-13-11-25(33)12-14-27)24-7-4-8-26(20-24)35-31(39)29-22-34-36-30-10-3-2-9-28(29)30/h2-4,7-14,20,22-23H,5-6,15-19,21H2,1H3,(H,35,39). The number of nitrogens with zero attached hydrogens (tertiary/aromatic N) is 4. The van der Waals surface area contributed by atoms with Gasteiger partial charge in [0, 0.05) is 48.5 Å². The quantitative estimate of drug-likeness (QED) is 0.335. The van der Waals surface area contributed by atoms with Crippen LogP contribution in [0.15, 0.2) is 79.0 Å². The predicted molar refractivity (Wildman–Crippen MR) is 153 cm³/mol. The molecule has 1 saturated heterocycles. The van der Waals surface area contributed by atoms with Gasteiger partial charge < -0.3 is 10.2 Å². The lowest BCUT2D eigenvalue weighted by Gasteiger charge is -2.52. The number of aromatic nitrogens is 2. The number of hydrogen-bond acceptors (Lipinski definition) is 5. The Labute approximate surface area is 228 Å². The summed E-state index contributed by atoms with van der Waals surface area (Å²) < 4.78 is 13.5.